The zero-order valence-electron chi connectivity index (χ0n) is 11.5. The molecule has 0 aliphatic carbocycles. The van der Waals surface area contributed by atoms with Crippen LogP contribution in [0.15, 0.2) is 10.3 Å². The Kier molecular flexibility index (Phi) is 5.40. The maximum Gasteiger partial charge on any atom is 0.390 e. The lowest BCUT2D eigenvalue weighted by Gasteiger charge is -2.18. The average Bonchev–Trinajstić information content (AvgIpc) is 2.76. The van der Waals surface area contributed by atoms with Crippen molar-refractivity contribution in [1.29, 1.82) is 0 Å². The Labute approximate surface area is 124 Å². The van der Waals surface area contributed by atoms with Crippen molar-refractivity contribution in [2.45, 2.75) is 24.4 Å². The molecule has 0 aliphatic heterocycles. The smallest absolute Gasteiger partial charge is 0.390 e. The Hall–Kier alpha value is -1.13. The summed E-state index contributed by atoms with van der Waals surface area (Å²) in [6.45, 7) is 0.745. The molecule has 0 N–H and O–H groups in total. The van der Waals surface area contributed by atoms with Crippen LogP contribution in [0.5, 0.6) is 0 Å². The standard InChI is InChI=1S/C11H14F3NO4S2/c1-7-6-20-8(10(16)19-3)9(7)21(17,18)15(2)5-4-11(12,13)14/h6H,4-5H2,1-3H3. The number of methoxy groups -OCH3 is 1. The van der Waals surface area contributed by atoms with Gasteiger partial charge in [0.1, 0.15) is 9.77 Å². The monoisotopic (exact) mass is 345 g/mol. The van der Waals surface area contributed by atoms with Crippen molar-refractivity contribution in [3.63, 3.8) is 0 Å². The lowest BCUT2D eigenvalue weighted by Crippen LogP contribution is -2.31. The minimum atomic E-state index is -4.46. The van der Waals surface area contributed by atoms with E-state index in [2.05, 4.69) is 4.74 Å². The summed E-state index contributed by atoms with van der Waals surface area (Å²) in [6, 6.07) is 0. The second-order valence-electron chi connectivity index (χ2n) is 4.26. The van der Waals surface area contributed by atoms with Gasteiger partial charge in [-0.05, 0) is 17.9 Å². The quantitative estimate of drug-likeness (QED) is 0.769. The molecule has 0 amide bonds. The number of ether oxygens (including phenoxy) is 1. The molecule has 1 heterocycles. The van der Waals surface area contributed by atoms with Gasteiger partial charge in [0.2, 0.25) is 10.0 Å². The molecule has 21 heavy (non-hydrogen) atoms. The number of rotatable bonds is 5. The molecule has 1 aromatic heterocycles. The fourth-order valence-corrected chi connectivity index (χ4v) is 4.37. The van der Waals surface area contributed by atoms with Crippen molar-refractivity contribution in [2.24, 2.45) is 0 Å². The molecule has 120 valence electrons. The lowest BCUT2D eigenvalue weighted by atomic mass is 10.3. The first-order chi connectivity index (χ1) is 9.50. The first-order valence-electron chi connectivity index (χ1n) is 5.70. The molecule has 5 nitrogen and oxygen atoms in total. The zero-order valence-corrected chi connectivity index (χ0v) is 13.2. The van der Waals surface area contributed by atoms with Crippen molar-refractivity contribution in [3.8, 4) is 0 Å². The number of hydrogen-bond acceptors (Lipinski definition) is 5. The summed E-state index contributed by atoms with van der Waals surface area (Å²) in [5.41, 5.74) is 0.291. The Bertz CT molecular complexity index is 622. The van der Waals surface area contributed by atoms with Crippen LogP contribution in [0.1, 0.15) is 21.7 Å². The number of sulfonamides is 1. The van der Waals surface area contributed by atoms with E-state index in [4.69, 9.17) is 0 Å². The van der Waals surface area contributed by atoms with Crippen LogP contribution in [0.4, 0.5) is 13.2 Å². The van der Waals surface area contributed by atoms with Crippen molar-refractivity contribution in [2.75, 3.05) is 20.7 Å². The maximum atomic E-state index is 12.3. The highest BCUT2D eigenvalue weighted by molar-refractivity contribution is 7.89. The van der Waals surface area contributed by atoms with E-state index in [1.807, 2.05) is 0 Å². The summed E-state index contributed by atoms with van der Waals surface area (Å²) in [4.78, 5) is 11.1. The summed E-state index contributed by atoms with van der Waals surface area (Å²) in [7, 11) is -2.05. The van der Waals surface area contributed by atoms with Crippen molar-refractivity contribution in [3.05, 3.63) is 15.8 Å². The molecular weight excluding hydrogens is 331 g/mol. The molecular formula is C11H14F3NO4S2. The molecule has 0 saturated carbocycles. The molecule has 0 radical (unpaired) electrons. The molecule has 0 atom stereocenters. The van der Waals surface area contributed by atoms with Gasteiger partial charge in [-0.15, -0.1) is 11.3 Å². The largest absolute Gasteiger partial charge is 0.465 e. The number of thiophene rings is 1. The Morgan fingerprint density at radius 1 is 1.43 bits per heavy atom. The fraction of sp³-hybridized carbons (Fsp3) is 0.545. The number of nitrogens with zero attached hydrogens (tertiary/aromatic N) is 1. The second kappa shape index (κ2) is 6.32. The van der Waals surface area contributed by atoms with E-state index in [9.17, 15) is 26.4 Å². The van der Waals surface area contributed by atoms with Crippen LogP contribution in [-0.2, 0) is 14.8 Å². The second-order valence-corrected chi connectivity index (χ2v) is 7.12. The van der Waals surface area contributed by atoms with E-state index < -0.39 is 35.1 Å². The average molecular weight is 345 g/mol. The van der Waals surface area contributed by atoms with Crippen LogP contribution in [0, 0.1) is 6.92 Å². The molecule has 0 fully saturated rings. The molecule has 1 rings (SSSR count). The van der Waals surface area contributed by atoms with Crippen LogP contribution < -0.4 is 0 Å². The van der Waals surface area contributed by atoms with Gasteiger partial charge in [-0.1, -0.05) is 0 Å². The first kappa shape index (κ1) is 17.9. The highest BCUT2D eigenvalue weighted by atomic mass is 32.2. The number of carbonyl (C=O) groups excluding carboxylic acids is 1. The highest BCUT2D eigenvalue weighted by Gasteiger charge is 2.34. The van der Waals surface area contributed by atoms with E-state index in [0.717, 1.165) is 25.5 Å². The molecule has 0 saturated heterocycles. The van der Waals surface area contributed by atoms with E-state index in [-0.39, 0.29) is 9.77 Å². The van der Waals surface area contributed by atoms with Crippen LogP contribution in [-0.4, -0.2) is 45.6 Å². The van der Waals surface area contributed by atoms with Gasteiger partial charge in [-0.3, -0.25) is 0 Å². The summed E-state index contributed by atoms with van der Waals surface area (Å²) in [6.07, 6.45) is -5.72. The topological polar surface area (TPSA) is 63.7 Å². The van der Waals surface area contributed by atoms with Crippen LogP contribution in [0.3, 0.4) is 0 Å². The zero-order chi connectivity index (χ0) is 16.4. The number of carbonyl (C=O) groups is 1. The van der Waals surface area contributed by atoms with Crippen LogP contribution >= 0.6 is 11.3 Å². The lowest BCUT2D eigenvalue weighted by molar-refractivity contribution is -0.135. The van der Waals surface area contributed by atoms with E-state index in [1.165, 1.54) is 12.3 Å². The molecule has 1 aromatic rings. The predicted octanol–water partition coefficient (Wildman–Crippen LogP) is 2.42. The predicted molar refractivity (Wildman–Crippen MR) is 70.9 cm³/mol. The molecule has 0 unspecified atom stereocenters. The third kappa shape index (κ3) is 4.17. The van der Waals surface area contributed by atoms with Gasteiger partial charge in [0.25, 0.3) is 0 Å². The molecule has 0 bridgehead atoms. The van der Waals surface area contributed by atoms with E-state index in [0.29, 0.717) is 9.87 Å². The van der Waals surface area contributed by atoms with Crippen molar-refractivity contribution in [1.82, 2.24) is 4.31 Å². The Morgan fingerprint density at radius 2 is 2.00 bits per heavy atom. The van der Waals surface area contributed by atoms with Gasteiger partial charge in [0.05, 0.1) is 13.5 Å². The molecule has 0 spiro atoms. The Balaban J connectivity index is 3.14. The van der Waals surface area contributed by atoms with Gasteiger partial charge < -0.3 is 4.74 Å². The van der Waals surface area contributed by atoms with Gasteiger partial charge >= 0.3 is 12.1 Å². The van der Waals surface area contributed by atoms with Gasteiger partial charge in [0.15, 0.2) is 0 Å². The van der Waals surface area contributed by atoms with E-state index in [1.54, 1.807) is 0 Å². The van der Waals surface area contributed by atoms with Crippen molar-refractivity contribution < 1.29 is 31.1 Å². The number of halogens is 3. The third-order valence-electron chi connectivity index (χ3n) is 2.67. The number of aryl methyl sites for hydroxylation is 1. The normalized spacial score (nSPS) is 12.7. The maximum absolute atomic E-state index is 12.3. The molecule has 10 heteroatoms. The summed E-state index contributed by atoms with van der Waals surface area (Å²) >= 11 is 0.874. The molecule has 0 aliphatic rings. The summed E-state index contributed by atoms with van der Waals surface area (Å²) in [5.74, 6) is -0.837. The third-order valence-corrected chi connectivity index (χ3v) is 5.92. The van der Waals surface area contributed by atoms with Crippen molar-refractivity contribution >= 4 is 27.3 Å². The minimum Gasteiger partial charge on any atom is -0.465 e. The van der Waals surface area contributed by atoms with Crippen LogP contribution in [0.2, 0.25) is 0 Å². The number of esters is 1. The minimum absolute atomic E-state index is 0.145. The van der Waals surface area contributed by atoms with Crippen LogP contribution in [0.25, 0.3) is 0 Å². The Morgan fingerprint density at radius 3 is 2.48 bits per heavy atom. The highest BCUT2D eigenvalue weighted by Crippen LogP contribution is 2.30. The summed E-state index contributed by atoms with van der Waals surface area (Å²) in [5, 5.41) is 1.44. The first-order valence-corrected chi connectivity index (χ1v) is 8.02. The summed E-state index contributed by atoms with van der Waals surface area (Å²) < 4.78 is 66.3. The fourth-order valence-electron chi connectivity index (χ4n) is 1.55. The van der Waals surface area contributed by atoms with E-state index >= 15 is 0 Å². The number of alkyl halides is 3. The molecule has 0 aromatic carbocycles. The van der Waals surface area contributed by atoms with Gasteiger partial charge in [-0.2, -0.15) is 13.2 Å². The van der Waals surface area contributed by atoms with Gasteiger partial charge in [0, 0.05) is 13.6 Å². The van der Waals surface area contributed by atoms with Gasteiger partial charge in [-0.25, -0.2) is 17.5 Å². The SMILES string of the molecule is COC(=O)c1scc(C)c1S(=O)(=O)N(C)CCC(F)(F)F. The number of hydrogen-bond donors (Lipinski definition) is 0.